The SMILES string of the molecule is CCCCCCC[Si](CCCCCCC)(CCCCCCC)OB(O[Si](CCCCCCC)(CCCCCCC)CCCCCCC)O[Si](CCCCCCC)(CCCCCCC)CCCCCCC. The van der Waals surface area contributed by atoms with Gasteiger partial charge in [-0.15, -0.1) is 0 Å². The molecule has 0 fully saturated rings. The van der Waals surface area contributed by atoms with Crippen molar-refractivity contribution < 1.29 is 13.0 Å². The fourth-order valence-corrected chi connectivity index (χ4v) is 25.0. The molecule has 0 aliphatic heterocycles. The summed E-state index contributed by atoms with van der Waals surface area (Å²) in [5.41, 5.74) is 0. The molecule has 0 N–H and O–H groups in total. The third-order valence-electron chi connectivity index (χ3n) is 16.7. The van der Waals surface area contributed by atoms with Crippen molar-refractivity contribution in [3.05, 3.63) is 0 Å². The molecule has 0 atom stereocenters. The van der Waals surface area contributed by atoms with Crippen molar-refractivity contribution in [1.29, 1.82) is 0 Å². The second kappa shape index (κ2) is 53.0. The standard InChI is InChI=1S/C63H135BO3Si3/c1-10-19-28-37-46-55-68(56-47-38-29-20-11-2,57-48-39-30-21-12-3)65-64(66-69(58-49-40-31-22-13-4,59-50-41-32-23-14-5)60-51-42-33-24-15-6)67-70(61-52-43-34-25-16-7,62-53-44-35-26-17-8)63-54-45-36-27-18-9/h10-63H2,1-9H3. The van der Waals surface area contributed by atoms with Gasteiger partial charge in [0.1, 0.15) is 0 Å². The minimum atomic E-state index is -2.24. The zero-order chi connectivity index (χ0) is 51.4. The van der Waals surface area contributed by atoms with Gasteiger partial charge in [0.2, 0.25) is 0 Å². The molecule has 3 nitrogen and oxygen atoms in total. The highest BCUT2D eigenvalue weighted by molar-refractivity contribution is 6.86. The van der Waals surface area contributed by atoms with Crippen LogP contribution >= 0.6 is 0 Å². The predicted molar refractivity (Wildman–Crippen MR) is 328 cm³/mol. The minimum Gasteiger partial charge on any atom is -0.429 e. The summed E-state index contributed by atoms with van der Waals surface area (Å²) in [6.07, 6.45) is 61.4. The molecule has 0 aliphatic rings. The molecule has 0 bridgehead atoms. The van der Waals surface area contributed by atoms with Gasteiger partial charge in [-0.2, -0.15) is 0 Å². The number of unbranched alkanes of at least 4 members (excludes halogenated alkanes) is 36. The van der Waals surface area contributed by atoms with Gasteiger partial charge in [0.05, 0.1) is 0 Å². The normalized spacial score (nSPS) is 12.5. The molecule has 0 rings (SSSR count). The molecule has 0 radical (unpaired) electrons. The van der Waals surface area contributed by atoms with Gasteiger partial charge in [0, 0.05) is 0 Å². The van der Waals surface area contributed by atoms with Gasteiger partial charge in [-0.05, 0) is 54.4 Å². The number of hydrogen-bond acceptors (Lipinski definition) is 3. The van der Waals surface area contributed by atoms with Gasteiger partial charge in [-0.3, -0.25) is 0 Å². The average Bonchev–Trinajstić information content (AvgIpc) is 3.35. The maximum Gasteiger partial charge on any atom is 0.606 e. The van der Waals surface area contributed by atoms with E-state index >= 15 is 0 Å². The number of rotatable bonds is 60. The van der Waals surface area contributed by atoms with Gasteiger partial charge in [-0.1, -0.05) is 351 Å². The average molecular weight is 1040 g/mol. The third-order valence-corrected chi connectivity index (χ3v) is 30.1. The van der Waals surface area contributed by atoms with Crippen LogP contribution in [-0.2, 0) is 13.0 Å². The molecule has 0 saturated heterocycles. The lowest BCUT2D eigenvalue weighted by Gasteiger charge is -2.43. The van der Waals surface area contributed by atoms with E-state index in [1.165, 1.54) is 343 Å². The summed E-state index contributed by atoms with van der Waals surface area (Å²) < 4.78 is 25.2. The van der Waals surface area contributed by atoms with Crippen molar-refractivity contribution in [3.63, 3.8) is 0 Å². The Morgan fingerprint density at radius 3 is 0.400 bits per heavy atom. The highest BCUT2D eigenvalue weighted by Crippen LogP contribution is 2.39. The van der Waals surface area contributed by atoms with Crippen LogP contribution in [0.5, 0.6) is 0 Å². The molecule has 7 heteroatoms. The van der Waals surface area contributed by atoms with E-state index in [1.807, 2.05) is 0 Å². The fraction of sp³-hybridized carbons (Fsp3) is 1.00. The second-order valence-corrected chi connectivity index (χ2v) is 36.0. The van der Waals surface area contributed by atoms with Crippen LogP contribution in [0.3, 0.4) is 0 Å². The van der Waals surface area contributed by atoms with Gasteiger partial charge >= 0.3 is 7.32 Å². The fourth-order valence-electron chi connectivity index (χ4n) is 11.8. The molecule has 0 aliphatic carbocycles. The molecule has 0 aromatic carbocycles. The lowest BCUT2D eigenvalue weighted by molar-refractivity contribution is 0.277. The quantitative estimate of drug-likeness (QED) is 0.0449. The Balaban J connectivity index is 8.01. The molecular weight excluding hydrogens is 900 g/mol. The van der Waals surface area contributed by atoms with Crippen LogP contribution in [0.15, 0.2) is 0 Å². The Labute approximate surface area is 448 Å². The van der Waals surface area contributed by atoms with Crippen LogP contribution in [0.1, 0.15) is 351 Å². The molecule has 0 amide bonds. The predicted octanol–water partition coefficient (Wildman–Crippen LogP) is 24.6. The van der Waals surface area contributed by atoms with E-state index in [2.05, 4.69) is 62.3 Å². The lowest BCUT2D eigenvalue weighted by Crippen LogP contribution is -2.56. The Bertz CT molecular complexity index is 786. The monoisotopic (exact) mass is 1030 g/mol. The first-order valence-electron chi connectivity index (χ1n) is 33.4. The summed E-state index contributed by atoms with van der Waals surface area (Å²) in [5.74, 6) is 0. The van der Waals surface area contributed by atoms with Gasteiger partial charge in [0.25, 0.3) is 0 Å². The molecule has 0 spiro atoms. The summed E-state index contributed by atoms with van der Waals surface area (Å²) >= 11 is 0. The summed E-state index contributed by atoms with van der Waals surface area (Å²) in [4.78, 5) is 0. The zero-order valence-electron chi connectivity index (χ0n) is 50.5. The Kier molecular flexibility index (Phi) is 53.5. The van der Waals surface area contributed by atoms with Crippen molar-refractivity contribution in [2.75, 3.05) is 0 Å². The van der Waals surface area contributed by atoms with Crippen molar-refractivity contribution in [1.82, 2.24) is 0 Å². The maximum atomic E-state index is 8.40. The van der Waals surface area contributed by atoms with E-state index < -0.39 is 32.3 Å². The Morgan fingerprint density at radius 2 is 0.286 bits per heavy atom. The van der Waals surface area contributed by atoms with Crippen molar-refractivity contribution in [2.45, 2.75) is 406 Å². The van der Waals surface area contributed by atoms with Gasteiger partial charge < -0.3 is 13.0 Å². The minimum absolute atomic E-state index is 0.407. The molecule has 70 heavy (non-hydrogen) atoms. The first kappa shape index (κ1) is 70.6. The Morgan fingerprint density at radius 1 is 0.171 bits per heavy atom. The van der Waals surface area contributed by atoms with E-state index in [1.54, 1.807) is 0 Å². The highest BCUT2D eigenvalue weighted by atomic mass is 28.4. The summed E-state index contributed by atoms with van der Waals surface area (Å²) in [5, 5.41) is 0. The van der Waals surface area contributed by atoms with E-state index in [-0.39, 0.29) is 0 Å². The molecule has 0 aromatic heterocycles. The van der Waals surface area contributed by atoms with Crippen LogP contribution in [0.2, 0.25) is 54.4 Å². The van der Waals surface area contributed by atoms with Crippen molar-refractivity contribution in [2.24, 2.45) is 0 Å². The van der Waals surface area contributed by atoms with Crippen LogP contribution in [0.25, 0.3) is 0 Å². The van der Waals surface area contributed by atoms with E-state index in [9.17, 15) is 0 Å². The van der Waals surface area contributed by atoms with Crippen molar-refractivity contribution >= 4 is 32.3 Å². The zero-order valence-corrected chi connectivity index (χ0v) is 53.5. The summed E-state index contributed by atoms with van der Waals surface area (Å²) in [6, 6.07) is 12.0. The van der Waals surface area contributed by atoms with Crippen molar-refractivity contribution in [3.8, 4) is 0 Å². The van der Waals surface area contributed by atoms with Gasteiger partial charge in [0.15, 0.2) is 25.0 Å². The summed E-state index contributed by atoms with van der Waals surface area (Å²) in [7, 11) is -7.12. The summed E-state index contributed by atoms with van der Waals surface area (Å²) in [6.45, 7) is 21.5. The van der Waals surface area contributed by atoms with Crippen LogP contribution < -0.4 is 0 Å². The first-order valence-corrected chi connectivity index (χ1v) is 41.0. The molecule has 0 unspecified atom stereocenters. The van der Waals surface area contributed by atoms with Crippen LogP contribution in [0.4, 0.5) is 0 Å². The van der Waals surface area contributed by atoms with E-state index in [4.69, 9.17) is 13.0 Å². The van der Waals surface area contributed by atoms with Crippen LogP contribution in [0, 0.1) is 0 Å². The highest BCUT2D eigenvalue weighted by Gasteiger charge is 2.49. The van der Waals surface area contributed by atoms with Gasteiger partial charge in [-0.25, -0.2) is 0 Å². The molecular formula is C63H135BO3Si3. The van der Waals surface area contributed by atoms with Crippen LogP contribution in [-0.4, -0.2) is 32.3 Å². The smallest absolute Gasteiger partial charge is 0.429 e. The maximum absolute atomic E-state index is 8.40. The second-order valence-electron chi connectivity index (χ2n) is 23.7. The Hall–Kier alpha value is 0.596. The number of hydrogen-bond donors (Lipinski definition) is 0. The molecule has 0 aromatic rings. The van der Waals surface area contributed by atoms with E-state index in [0.717, 1.165) is 0 Å². The van der Waals surface area contributed by atoms with E-state index in [0.29, 0.717) is 0 Å². The molecule has 0 saturated carbocycles. The molecule has 0 heterocycles. The topological polar surface area (TPSA) is 27.7 Å². The largest absolute Gasteiger partial charge is 0.606 e. The first-order chi connectivity index (χ1) is 34.3. The molecule has 420 valence electrons. The third kappa shape index (κ3) is 40.8. The lowest BCUT2D eigenvalue weighted by atomic mass is 10.2.